The average molecular weight is 286 g/mol. The van der Waals surface area contributed by atoms with Gasteiger partial charge < -0.3 is 5.32 Å². The number of hydrogen-bond acceptors (Lipinski definition) is 4. The summed E-state index contributed by atoms with van der Waals surface area (Å²) in [6, 6.07) is 10.1. The predicted molar refractivity (Wildman–Crippen MR) is 81.9 cm³/mol. The molecule has 20 heavy (non-hydrogen) atoms. The minimum Gasteiger partial charge on any atom is -0.316 e. The van der Waals surface area contributed by atoms with E-state index in [1.54, 1.807) is 11.3 Å². The molecule has 1 aromatic heterocycles. The second kappa shape index (κ2) is 5.46. The Morgan fingerprint density at radius 2 is 2.20 bits per heavy atom. The summed E-state index contributed by atoms with van der Waals surface area (Å²) in [6.07, 6.45) is 1.39. The number of hydrogen-bond donors (Lipinski definition) is 1. The number of ketones is 1. The van der Waals surface area contributed by atoms with E-state index in [1.807, 2.05) is 35.7 Å². The molecule has 1 aliphatic rings. The van der Waals surface area contributed by atoms with Crippen LogP contribution in [0.5, 0.6) is 0 Å². The maximum absolute atomic E-state index is 12.4. The lowest BCUT2D eigenvalue weighted by Crippen LogP contribution is -2.31. The van der Waals surface area contributed by atoms with Gasteiger partial charge in [0.1, 0.15) is 10.8 Å². The van der Waals surface area contributed by atoms with Gasteiger partial charge in [-0.25, -0.2) is 4.98 Å². The van der Waals surface area contributed by atoms with Gasteiger partial charge in [0.2, 0.25) is 0 Å². The van der Waals surface area contributed by atoms with Gasteiger partial charge in [-0.1, -0.05) is 37.3 Å². The molecule has 1 N–H and O–H groups in total. The van der Waals surface area contributed by atoms with Gasteiger partial charge in [-0.05, 0) is 13.0 Å². The van der Waals surface area contributed by atoms with Gasteiger partial charge >= 0.3 is 0 Å². The highest BCUT2D eigenvalue weighted by atomic mass is 32.1. The molecular formula is C16H18N2OS. The van der Waals surface area contributed by atoms with Crippen LogP contribution < -0.4 is 5.32 Å². The van der Waals surface area contributed by atoms with Crippen molar-refractivity contribution in [3.8, 4) is 11.3 Å². The zero-order valence-electron chi connectivity index (χ0n) is 11.6. The zero-order chi connectivity index (χ0) is 14.0. The molecule has 1 saturated heterocycles. The summed E-state index contributed by atoms with van der Waals surface area (Å²) in [5.41, 5.74) is 1.86. The molecule has 2 heterocycles. The molecule has 1 unspecified atom stereocenters. The molecule has 3 rings (SSSR count). The van der Waals surface area contributed by atoms with E-state index in [9.17, 15) is 4.79 Å². The molecule has 3 nitrogen and oxygen atoms in total. The zero-order valence-corrected chi connectivity index (χ0v) is 12.4. The van der Waals surface area contributed by atoms with Crippen LogP contribution in [0, 0.1) is 5.41 Å². The van der Waals surface area contributed by atoms with Crippen molar-refractivity contribution in [3.63, 3.8) is 0 Å². The number of nitrogens with one attached hydrogen (secondary N) is 1. The third-order valence-electron chi connectivity index (χ3n) is 3.97. The summed E-state index contributed by atoms with van der Waals surface area (Å²) < 4.78 is 0. The molecule has 0 saturated carbocycles. The van der Waals surface area contributed by atoms with Gasteiger partial charge in [0.05, 0.1) is 12.1 Å². The van der Waals surface area contributed by atoms with E-state index in [4.69, 9.17) is 0 Å². The normalized spacial score (nSPS) is 22.1. The molecule has 104 valence electrons. The van der Waals surface area contributed by atoms with Crippen LogP contribution >= 0.6 is 11.3 Å². The number of thiazole rings is 1. The van der Waals surface area contributed by atoms with Crippen molar-refractivity contribution in [1.82, 2.24) is 10.3 Å². The summed E-state index contributed by atoms with van der Waals surface area (Å²) in [7, 11) is 0. The lowest BCUT2D eigenvalue weighted by molar-refractivity contribution is -0.126. The Bertz CT molecular complexity index is 600. The monoisotopic (exact) mass is 286 g/mol. The van der Waals surface area contributed by atoms with Gasteiger partial charge in [-0.2, -0.15) is 0 Å². The van der Waals surface area contributed by atoms with E-state index in [1.165, 1.54) is 0 Å². The Morgan fingerprint density at radius 3 is 2.90 bits per heavy atom. The fraction of sp³-hybridized carbons (Fsp3) is 0.375. The first-order valence-corrected chi connectivity index (χ1v) is 7.79. The number of carbonyl (C=O) groups excluding carboxylic acids is 1. The van der Waals surface area contributed by atoms with E-state index >= 15 is 0 Å². The molecule has 2 aromatic rings. The molecule has 0 spiro atoms. The van der Waals surface area contributed by atoms with E-state index in [-0.39, 0.29) is 5.41 Å². The Labute approximate surface area is 123 Å². The first-order valence-electron chi connectivity index (χ1n) is 6.91. The van der Waals surface area contributed by atoms with Crippen molar-refractivity contribution in [1.29, 1.82) is 0 Å². The van der Waals surface area contributed by atoms with Gasteiger partial charge in [0.25, 0.3) is 0 Å². The molecule has 0 bridgehead atoms. The quantitative estimate of drug-likeness (QED) is 0.939. The van der Waals surface area contributed by atoms with Crippen molar-refractivity contribution in [3.05, 3.63) is 40.7 Å². The average Bonchev–Trinajstić information content (AvgIpc) is 3.10. The van der Waals surface area contributed by atoms with Crippen LogP contribution in [0.1, 0.15) is 18.4 Å². The van der Waals surface area contributed by atoms with Crippen LogP contribution in [-0.4, -0.2) is 23.9 Å². The number of aromatic nitrogens is 1. The van der Waals surface area contributed by atoms with Crippen molar-refractivity contribution in [2.75, 3.05) is 13.1 Å². The fourth-order valence-corrected chi connectivity index (χ4v) is 3.34. The topological polar surface area (TPSA) is 42.0 Å². The standard InChI is InChI=1S/C16H18N2OS/c1-16(7-8-17-11-16)14(19)9-15-18-13(10-20-15)12-5-3-2-4-6-12/h2-6,10,17H,7-9,11H2,1H3. The lowest BCUT2D eigenvalue weighted by Gasteiger charge is -2.19. The molecule has 0 radical (unpaired) electrons. The fourth-order valence-electron chi connectivity index (χ4n) is 2.54. The van der Waals surface area contributed by atoms with E-state index < -0.39 is 0 Å². The van der Waals surface area contributed by atoms with Crippen LogP contribution in [0.25, 0.3) is 11.3 Å². The molecular weight excluding hydrogens is 268 g/mol. The third-order valence-corrected chi connectivity index (χ3v) is 4.82. The lowest BCUT2D eigenvalue weighted by atomic mass is 9.83. The number of benzene rings is 1. The Morgan fingerprint density at radius 1 is 1.40 bits per heavy atom. The number of Topliss-reactive ketones (excluding diaryl/α,β-unsaturated/α-hetero) is 1. The summed E-state index contributed by atoms with van der Waals surface area (Å²) in [5.74, 6) is 0.302. The van der Waals surface area contributed by atoms with Gasteiger partial charge in [-0.3, -0.25) is 4.79 Å². The van der Waals surface area contributed by atoms with E-state index in [2.05, 4.69) is 17.2 Å². The highest BCUT2D eigenvalue weighted by Crippen LogP contribution is 2.29. The van der Waals surface area contributed by atoms with E-state index in [0.29, 0.717) is 12.2 Å². The van der Waals surface area contributed by atoms with E-state index in [0.717, 1.165) is 35.8 Å². The maximum Gasteiger partial charge on any atom is 0.146 e. The molecule has 1 fully saturated rings. The van der Waals surface area contributed by atoms with Crippen molar-refractivity contribution < 1.29 is 4.79 Å². The van der Waals surface area contributed by atoms with Crippen LogP contribution in [0.15, 0.2) is 35.7 Å². The second-order valence-corrected chi connectivity index (χ2v) is 6.52. The highest BCUT2D eigenvalue weighted by Gasteiger charge is 2.36. The summed E-state index contributed by atoms with van der Waals surface area (Å²) >= 11 is 1.58. The molecule has 1 aromatic carbocycles. The summed E-state index contributed by atoms with van der Waals surface area (Å²) in [4.78, 5) is 17.0. The predicted octanol–water partition coefficient (Wildman–Crippen LogP) is 2.92. The smallest absolute Gasteiger partial charge is 0.146 e. The highest BCUT2D eigenvalue weighted by molar-refractivity contribution is 7.10. The first kappa shape index (κ1) is 13.5. The Balaban J connectivity index is 1.73. The molecule has 1 aliphatic heterocycles. The van der Waals surface area contributed by atoms with Crippen molar-refractivity contribution in [2.24, 2.45) is 5.41 Å². The van der Waals surface area contributed by atoms with Gasteiger partial charge in [0.15, 0.2) is 0 Å². The summed E-state index contributed by atoms with van der Waals surface area (Å²) in [5, 5.41) is 6.23. The largest absolute Gasteiger partial charge is 0.316 e. The Kier molecular flexibility index (Phi) is 3.68. The summed E-state index contributed by atoms with van der Waals surface area (Å²) in [6.45, 7) is 3.79. The van der Waals surface area contributed by atoms with Crippen molar-refractivity contribution in [2.45, 2.75) is 19.8 Å². The molecule has 0 amide bonds. The van der Waals surface area contributed by atoms with Crippen LogP contribution in [0.3, 0.4) is 0 Å². The van der Waals surface area contributed by atoms with Crippen LogP contribution in [0.2, 0.25) is 0 Å². The van der Waals surface area contributed by atoms with Crippen LogP contribution in [0.4, 0.5) is 0 Å². The minimum absolute atomic E-state index is 0.210. The number of carbonyl (C=O) groups is 1. The SMILES string of the molecule is CC1(C(=O)Cc2nc(-c3ccccc3)cs2)CCNC1. The van der Waals surface area contributed by atoms with Crippen molar-refractivity contribution >= 4 is 17.1 Å². The molecule has 1 atom stereocenters. The Hall–Kier alpha value is -1.52. The van der Waals surface area contributed by atoms with Gasteiger partial charge in [0, 0.05) is 22.9 Å². The molecule has 4 heteroatoms. The number of nitrogens with zero attached hydrogens (tertiary/aromatic N) is 1. The number of rotatable bonds is 4. The second-order valence-electron chi connectivity index (χ2n) is 5.58. The third kappa shape index (κ3) is 2.67. The first-order chi connectivity index (χ1) is 9.67. The van der Waals surface area contributed by atoms with Crippen LogP contribution in [-0.2, 0) is 11.2 Å². The molecule has 0 aliphatic carbocycles. The maximum atomic E-state index is 12.4. The minimum atomic E-state index is -0.210. The van der Waals surface area contributed by atoms with Gasteiger partial charge in [-0.15, -0.1) is 11.3 Å².